The summed E-state index contributed by atoms with van der Waals surface area (Å²) in [6.07, 6.45) is 5.45. The van der Waals surface area contributed by atoms with Crippen LogP contribution in [0.4, 0.5) is 0 Å². The highest BCUT2D eigenvalue weighted by molar-refractivity contribution is 7.13. The second-order valence-corrected chi connectivity index (χ2v) is 7.75. The van der Waals surface area contributed by atoms with Crippen molar-refractivity contribution in [2.75, 3.05) is 6.54 Å². The summed E-state index contributed by atoms with van der Waals surface area (Å²) >= 11 is 1.53. The van der Waals surface area contributed by atoms with Gasteiger partial charge in [-0.3, -0.25) is 4.79 Å². The van der Waals surface area contributed by atoms with E-state index in [2.05, 4.69) is 13.8 Å². The van der Waals surface area contributed by atoms with Crippen LogP contribution in [0.2, 0.25) is 0 Å². The summed E-state index contributed by atoms with van der Waals surface area (Å²) in [5, 5.41) is 1.04. The van der Waals surface area contributed by atoms with E-state index in [1.165, 1.54) is 11.3 Å². The topological polar surface area (TPSA) is 82.0 Å². The minimum absolute atomic E-state index is 0.0383. The highest BCUT2D eigenvalue weighted by atomic mass is 32.1. The third-order valence-corrected chi connectivity index (χ3v) is 5.16. The molecule has 1 rings (SSSR count). The van der Waals surface area contributed by atoms with Gasteiger partial charge in [0.2, 0.25) is 0 Å². The Kier molecular flexibility index (Phi) is 7.66. The van der Waals surface area contributed by atoms with Gasteiger partial charge in [0.25, 0.3) is 0 Å². The Bertz CT molecular complexity index is 480. The zero-order chi connectivity index (χ0) is 16.8. The largest absolute Gasteiger partial charge is 0.330 e. The van der Waals surface area contributed by atoms with E-state index in [1.54, 1.807) is 0 Å². The quantitative estimate of drug-likeness (QED) is 0.510. The third-order valence-electron chi connectivity index (χ3n) is 4.00. The first kappa shape index (κ1) is 19.3. The molecule has 4 nitrogen and oxygen atoms in total. The van der Waals surface area contributed by atoms with Gasteiger partial charge in [0.1, 0.15) is 0 Å². The number of nitrogens with two attached hydrogens (primary N) is 2. The van der Waals surface area contributed by atoms with Crippen molar-refractivity contribution in [3.8, 4) is 0 Å². The lowest BCUT2D eigenvalue weighted by Crippen LogP contribution is -2.44. The van der Waals surface area contributed by atoms with E-state index in [0.717, 1.165) is 47.7 Å². The molecule has 1 unspecified atom stereocenters. The van der Waals surface area contributed by atoms with Gasteiger partial charge in [-0.25, -0.2) is 4.98 Å². The summed E-state index contributed by atoms with van der Waals surface area (Å²) in [6, 6.07) is 0. The maximum atomic E-state index is 12.7. The molecule has 126 valence electrons. The number of ketones is 1. The van der Waals surface area contributed by atoms with E-state index < -0.39 is 5.54 Å². The smallest absolute Gasteiger partial charge is 0.194 e. The second kappa shape index (κ2) is 8.75. The number of nitrogens with zero attached hydrogens (tertiary/aromatic N) is 1. The molecule has 5 heteroatoms. The summed E-state index contributed by atoms with van der Waals surface area (Å²) in [5.74, 6) is 0.636. The van der Waals surface area contributed by atoms with Crippen LogP contribution in [0.5, 0.6) is 0 Å². The molecule has 1 aromatic rings. The van der Waals surface area contributed by atoms with Gasteiger partial charge in [0.15, 0.2) is 5.78 Å². The summed E-state index contributed by atoms with van der Waals surface area (Å²) in [4.78, 5) is 18.2. The van der Waals surface area contributed by atoms with Gasteiger partial charge in [0.05, 0.1) is 21.1 Å². The molecule has 0 aromatic carbocycles. The molecule has 4 N–H and O–H groups in total. The van der Waals surface area contributed by atoms with Crippen LogP contribution < -0.4 is 11.5 Å². The van der Waals surface area contributed by atoms with Gasteiger partial charge in [-0.15, -0.1) is 11.3 Å². The Balaban J connectivity index is 2.97. The molecule has 0 spiro atoms. The molecule has 0 aliphatic carbocycles. The lowest BCUT2D eigenvalue weighted by Gasteiger charge is -2.20. The van der Waals surface area contributed by atoms with Crippen molar-refractivity contribution < 1.29 is 4.79 Å². The fraction of sp³-hybridized carbons (Fsp3) is 0.765. The van der Waals surface area contributed by atoms with E-state index >= 15 is 0 Å². The number of unbranched alkanes of at least 4 members (excludes halogenated alkanes) is 1. The average molecular weight is 326 g/mol. The molecule has 1 aromatic heterocycles. The number of Topliss-reactive ketones (excluding diaryl/α,β-unsaturated/α-hetero) is 1. The van der Waals surface area contributed by atoms with Gasteiger partial charge in [-0.05, 0) is 57.9 Å². The van der Waals surface area contributed by atoms with Crippen LogP contribution in [-0.4, -0.2) is 22.9 Å². The summed E-state index contributed by atoms with van der Waals surface area (Å²) in [6.45, 7) is 8.85. The average Bonchev–Trinajstić information content (AvgIpc) is 2.87. The Morgan fingerprint density at radius 1 is 1.32 bits per heavy atom. The first-order valence-electron chi connectivity index (χ1n) is 8.34. The summed E-state index contributed by atoms with van der Waals surface area (Å²) in [7, 11) is 0. The van der Waals surface area contributed by atoms with Crippen LogP contribution >= 0.6 is 11.3 Å². The maximum absolute atomic E-state index is 12.7. The lowest BCUT2D eigenvalue weighted by atomic mass is 9.92. The maximum Gasteiger partial charge on any atom is 0.194 e. The molecule has 1 atom stereocenters. The molecule has 0 aliphatic heterocycles. The molecule has 0 saturated carbocycles. The zero-order valence-electron chi connectivity index (χ0n) is 14.4. The third kappa shape index (κ3) is 5.45. The minimum atomic E-state index is -0.798. The molecule has 0 bridgehead atoms. The number of carbonyl (C=O) groups excluding carboxylic acids is 1. The fourth-order valence-corrected chi connectivity index (χ4v) is 3.35. The van der Waals surface area contributed by atoms with Crippen LogP contribution in [0.25, 0.3) is 0 Å². The molecule has 22 heavy (non-hydrogen) atoms. The molecule has 0 fully saturated rings. The van der Waals surface area contributed by atoms with Gasteiger partial charge in [-0.2, -0.15) is 0 Å². The normalized spacial score (nSPS) is 14.3. The molecule has 1 heterocycles. The van der Waals surface area contributed by atoms with Crippen molar-refractivity contribution in [2.24, 2.45) is 17.4 Å². The van der Waals surface area contributed by atoms with E-state index in [9.17, 15) is 4.79 Å². The van der Waals surface area contributed by atoms with Crippen molar-refractivity contribution in [1.82, 2.24) is 4.98 Å². The van der Waals surface area contributed by atoms with Crippen molar-refractivity contribution >= 4 is 17.1 Å². The van der Waals surface area contributed by atoms with Crippen LogP contribution in [0, 0.1) is 5.92 Å². The number of hydrogen-bond donors (Lipinski definition) is 2. The van der Waals surface area contributed by atoms with Gasteiger partial charge in [0, 0.05) is 0 Å². The zero-order valence-corrected chi connectivity index (χ0v) is 15.3. The van der Waals surface area contributed by atoms with Gasteiger partial charge < -0.3 is 11.5 Å². The van der Waals surface area contributed by atoms with Crippen LogP contribution in [0.15, 0.2) is 0 Å². The number of hydrogen-bond acceptors (Lipinski definition) is 5. The second-order valence-electron chi connectivity index (χ2n) is 6.66. The predicted octanol–water partition coefficient (Wildman–Crippen LogP) is 3.32. The first-order valence-corrected chi connectivity index (χ1v) is 9.15. The molecule has 0 aliphatic rings. The predicted molar refractivity (Wildman–Crippen MR) is 94.5 cm³/mol. The molecule has 0 radical (unpaired) electrons. The Hall–Kier alpha value is -0.780. The summed E-state index contributed by atoms with van der Waals surface area (Å²) in [5.41, 5.74) is 11.8. The minimum Gasteiger partial charge on any atom is -0.330 e. The van der Waals surface area contributed by atoms with Crippen LogP contribution in [-0.2, 0) is 12.8 Å². The van der Waals surface area contributed by atoms with Crippen molar-refractivity contribution in [3.05, 3.63) is 15.6 Å². The van der Waals surface area contributed by atoms with Crippen molar-refractivity contribution in [1.29, 1.82) is 0 Å². The van der Waals surface area contributed by atoms with E-state index in [-0.39, 0.29) is 5.78 Å². The van der Waals surface area contributed by atoms with Gasteiger partial charge in [-0.1, -0.05) is 20.8 Å². The van der Waals surface area contributed by atoms with E-state index in [0.29, 0.717) is 18.9 Å². The van der Waals surface area contributed by atoms with E-state index in [1.807, 2.05) is 13.8 Å². The number of aromatic nitrogens is 1. The lowest BCUT2D eigenvalue weighted by molar-refractivity contribution is 0.0901. The van der Waals surface area contributed by atoms with Crippen molar-refractivity contribution in [2.45, 2.75) is 71.8 Å². The van der Waals surface area contributed by atoms with Crippen LogP contribution in [0.3, 0.4) is 0 Å². The van der Waals surface area contributed by atoms with E-state index in [4.69, 9.17) is 16.5 Å². The highest BCUT2D eigenvalue weighted by Crippen LogP contribution is 2.27. The SMILES string of the molecule is CCC(C)(N)C(=O)c1sc(CCCCN)nc1CCC(C)C. The number of carbonyl (C=O) groups is 1. The van der Waals surface area contributed by atoms with Crippen molar-refractivity contribution in [3.63, 3.8) is 0 Å². The molecule has 0 saturated heterocycles. The highest BCUT2D eigenvalue weighted by Gasteiger charge is 2.31. The Labute approximate surface area is 138 Å². The monoisotopic (exact) mass is 325 g/mol. The molecular formula is C17H31N3OS. The standard InChI is InChI=1S/C17H31N3OS/c1-5-17(4,19)16(21)15-13(10-9-12(2)3)20-14(22-15)8-6-7-11-18/h12H,5-11,18-19H2,1-4H3. The number of thiazole rings is 1. The van der Waals surface area contributed by atoms with Gasteiger partial charge >= 0.3 is 0 Å². The van der Waals surface area contributed by atoms with Crippen LogP contribution in [0.1, 0.15) is 73.8 Å². The molecule has 0 amide bonds. The number of rotatable bonds is 10. The molecular weight excluding hydrogens is 294 g/mol. The number of aryl methyl sites for hydroxylation is 2. The first-order chi connectivity index (χ1) is 10.3. The Morgan fingerprint density at radius 2 is 2.00 bits per heavy atom. The Morgan fingerprint density at radius 3 is 2.55 bits per heavy atom. The summed E-state index contributed by atoms with van der Waals surface area (Å²) < 4.78 is 0. The fourth-order valence-electron chi connectivity index (χ4n) is 2.12.